The number of rotatable bonds is 20. The second kappa shape index (κ2) is 26.7. The number of hydrogen-bond acceptors (Lipinski definition) is 13. The molecular weight excluding hydrogens is 1110 g/mol. The number of nitrogens with zero attached hydrogens (tertiary/aromatic N) is 7. The maximum Gasteiger partial charge on any atom is 0.303 e. The van der Waals surface area contributed by atoms with E-state index < -0.39 is 37.0 Å². The summed E-state index contributed by atoms with van der Waals surface area (Å²) in [7, 11) is 1.45. The normalized spacial score (nSPS) is 20.8. The molecule has 3 amide bonds. The first-order valence-electron chi connectivity index (χ1n) is 28.0. The van der Waals surface area contributed by atoms with Crippen LogP contribution in [0, 0.1) is 0 Å². The van der Waals surface area contributed by atoms with Crippen LogP contribution in [0.4, 0.5) is 22.7 Å². The van der Waals surface area contributed by atoms with E-state index in [9.17, 15) is 39.6 Å². The molecule has 6 N–H and O–H groups in total. The van der Waals surface area contributed by atoms with Crippen LogP contribution in [0.25, 0.3) is 0 Å². The molecule has 6 atom stereocenters. The number of likely N-dealkylation sites (N-methyl/N-ethyl adjacent to an activating group) is 1. The van der Waals surface area contributed by atoms with Gasteiger partial charge in [-0.25, -0.2) is 0 Å². The molecule has 80 heavy (non-hydrogen) atoms. The van der Waals surface area contributed by atoms with Crippen molar-refractivity contribution >= 4 is 92.8 Å². The second-order valence-corrected chi connectivity index (χ2v) is 23.7. The number of likely N-dealkylation sites (tertiary alicyclic amines) is 2. The van der Waals surface area contributed by atoms with E-state index in [0.29, 0.717) is 70.3 Å². The number of para-hydroxylation sites is 4. The van der Waals surface area contributed by atoms with Gasteiger partial charge in [-0.15, -0.1) is 0 Å². The topological polar surface area (TPSA) is 212 Å². The average Bonchev–Trinajstić information content (AvgIpc) is 4.50. The fraction of sp³-hybridized carbons (Fsp3) is 0.525. The maximum atomic E-state index is 14.0. The first kappa shape index (κ1) is 59.8. The van der Waals surface area contributed by atoms with Gasteiger partial charge in [0.1, 0.15) is 24.4 Å². The highest BCUT2D eigenvalue weighted by atomic mass is 35.5. The van der Waals surface area contributed by atoms with Gasteiger partial charge in [0.05, 0.1) is 41.4 Å². The SMILES string of the molecule is CN(C[C@H](O)[C@@H](O)[C@H](O)[C@H](O)CO)C(=O)CCc1cc(Cl)c(CN2CCC[C@H]2C(=O)N2CCN(C3CC3)c3ccccc32)cc1Cl.O=C(O)CCc1cc(Cl)c(CN2CCC[C@H]2C(=O)N2CCN(C3CC3)c3ccccc32)cc1Cl. The van der Waals surface area contributed by atoms with Gasteiger partial charge in [-0.2, -0.15) is 0 Å². The minimum Gasteiger partial charge on any atom is -0.481 e. The Morgan fingerprint density at radius 2 is 0.950 bits per heavy atom. The highest BCUT2D eigenvalue weighted by Gasteiger charge is 2.42. The van der Waals surface area contributed by atoms with Crippen molar-refractivity contribution in [2.24, 2.45) is 0 Å². The number of carboxylic acid groups (broad SMARTS) is 1. The summed E-state index contributed by atoms with van der Waals surface area (Å²) in [5.41, 5.74) is 7.38. The lowest BCUT2D eigenvalue weighted by molar-refractivity contribution is -0.138. The number of carbonyl (C=O) groups is 4. The smallest absolute Gasteiger partial charge is 0.303 e. The molecule has 6 aliphatic rings. The minimum absolute atomic E-state index is 0.00752. The molecule has 4 aromatic carbocycles. The summed E-state index contributed by atoms with van der Waals surface area (Å²) in [4.78, 5) is 65.8. The molecule has 0 spiro atoms. The highest BCUT2D eigenvalue weighted by Crippen LogP contribution is 2.43. The van der Waals surface area contributed by atoms with E-state index in [0.717, 1.165) is 85.6 Å². The summed E-state index contributed by atoms with van der Waals surface area (Å²) in [6.45, 7) is 4.62. The molecular formula is C59H73Cl4N7O10. The van der Waals surface area contributed by atoms with Crippen molar-refractivity contribution in [3.8, 4) is 0 Å². The number of fused-ring (bicyclic) bond motifs is 2. The van der Waals surface area contributed by atoms with Gasteiger partial charge in [0, 0.05) is 97.9 Å². The fourth-order valence-corrected chi connectivity index (χ4v) is 12.8. The zero-order valence-electron chi connectivity index (χ0n) is 45.1. The number of carboxylic acids is 1. The van der Waals surface area contributed by atoms with Crippen LogP contribution in [0.1, 0.15) is 86.5 Å². The lowest BCUT2D eigenvalue weighted by Crippen LogP contribution is -2.51. The van der Waals surface area contributed by atoms with E-state index in [4.69, 9.17) is 56.6 Å². The van der Waals surface area contributed by atoms with Gasteiger partial charge in [-0.3, -0.25) is 29.0 Å². The Morgan fingerprint density at radius 3 is 1.38 bits per heavy atom. The molecule has 432 valence electrons. The minimum atomic E-state index is -1.77. The van der Waals surface area contributed by atoms with Gasteiger partial charge in [-0.05, 0) is 148 Å². The van der Waals surface area contributed by atoms with E-state index >= 15 is 0 Å². The van der Waals surface area contributed by atoms with Crippen LogP contribution in [-0.2, 0) is 45.1 Å². The number of aliphatic carboxylic acids is 1. The van der Waals surface area contributed by atoms with Crippen LogP contribution < -0.4 is 19.6 Å². The Bertz CT molecular complexity index is 2880. The Balaban J connectivity index is 0.000000202. The van der Waals surface area contributed by atoms with Crippen LogP contribution in [0.2, 0.25) is 20.1 Å². The number of hydrogen-bond donors (Lipinski definition) is 6. The van der Waals surface area contributed by atoms with Crippen LogP contribution >= 0.6 is 46.4 Å². The number of aliphatic hydroxyl groups excluding tert-OH is 5. The predicted octanol–water partition coefficient (Wildman–Crippen LogP) is 6.79. The van der Waals surface area contributed by atoms with E-state index in [1.807, 2.05) is 40.1 Å². The Morgan fingerprint density at radius 1 is 0.550 bits per heavy atom. The molecule has 17 nitrogen and oxygen atoms in total. The number of amides is 3. The van der Waals surface area contributed by atoms with Crippen molar-refractivity contribution in [2.45, 2.75) is 139 Å². The van der Waals surface area contributed by atoms with E-state index in [-0.39, 0.29) is 55.6 Å². The quantitative estimate of drug-likeness (QED) is 0.0538. The molecule has 4 aromatic rings. The molecule has 4 aliphatic heterocycles. The first-order valence-corrected chi connectivity index (χ1v) is 29.5. The van der Waals surface area contributed by atoms with Crippen LogP contribution in [0.3, 0.4) is 0 Å². The van der Waals surface area contributed by atoms with Gasteiger partial charge in [0.15, 0.2) is 0 Å². The zero-order chi connectivity index (χ0) is 56.9. The van der Waals surface area contributed by atoms with Crippen LogP contribution in [0.5, 0.6) is 0 Å². The number of aryl methyl sites for hydroxylation is 2. The van der Waals surface area contributed by atoms with Gasteiger partial charge in [-0.1, -0.05) is 70.7 Å². The molecule has 0 aromatic heterocycles. The molecule has 10 rings (SSSR count). The summed E-state index contributed by atoms with van der Waals surface area (Å²) in [5.74, 6) is -0.939. The number of aliphatic hydroxyl groups is 5. The summed E-state index contributed by atoms with van der Waals surface area (Å²) in [6, 6.07) is 24.3. The molecule has 4 heterocycles. The molecule has 2 saturated carbocycles. The zero-order valence-corrected chi connectivity index (χ0v) is 48.1. The van der Waals surface area contributed by atoms with Gasteiger partial charge >= 0.3 is 5.97 Å². The van der Waals surface area contributed by atoms with Crippen molar-refractivity contribution in [1.82, 2.24) is 14.7 Å². The monoisotopic (exact) mass is 1180 g/mol. The number of benzene rings is 4. The second-order valence-electron chi connectivity index (χ2n) is 22.1. The third-order valence-corrected chi connectivity index (χ3v) is 17.9. The third kappa shape index (κ3) is 14.0. The van der Waals surface area contributed by atoms with E-state index in [1.165, 1.54) is 43.3 Å². The lowest BCUT2D eigenvalue weighted by Gasteiger charge is -2.40. The van der Waals surface area contributed by atoms with Crippen molar-refractivity contribution in [3.63, 3.8) is 0 Å². The van der Waals surface area contributed by atoms with E-state index in [2.05, 4.69) is 43.9 Å². The van der Waals surface area contributed by atoms with Crippen molar-refractivity contribution in [1.29, 1.82) is 0 Å². The first-order chi connectivity index (χ1) is 38.4. The maximum absolute atomic E-state index is 14.0. The Labute approximate surface area is 487 Å². The average molecular weight is 1180 g/mol. The molecule has 0 unspecified atom stereocenters. The van der Waals surface area contributed by atoms with Crippen molar-refractivity contribution in [2.75, 3.05) is 79.1 Å². The molecule has 0 radical (unpaired) electrons. The third-order valence-electron chi connectivity index (χ3n) is 16.5. The summed E-state index contributed by atoms with van der Waals surface area (Å²) in [6.07, 6.45) is 2.34. The highest BCUT2D eigenvalue weighted by molar-refractivity contribution is 6.34. The fourth-order valence-electron chi connectivity index (χ4n) is 11.8. The van der Waals surface area contributed by atoms with Crippen LogP contribution in [0.15, 0.2) is 72.8 Å². The summed E-state index contributed by atoms with van der Waals surface area (Å²) < 4.78 is 0. The standard InChI is InChI=1S/C33H44Cl2N4O7.C26H29Cl2N3O3/c1-36(18-28(41)31(44)32(45)29(42)19-40)30(43)11-8-20-15-24(35)21(16-23(20)34)17-37-12-4-7-27(37)33(46)39-14-13-38(22-9-10-22)25-5-2-3-6-26(25)39;27-20-15-18(21(28)14-17(20)7-10-25(32)33)16-29-11-3-6-24(29)26(34)31-13-12-30(19-8-9-19)22-4-1-2-5-23(22)31/h2-3,5-6,15-16,22,27-29,31-32,40-42,44-45H,4,7-14,17-19H2,1H3;1-2,4-5,14-15,19,24H,3,6-13,16H2,(H,32,33)/t27-,28-,29+,31+,32+;24-/m00/s1. The summed E-state index contributed by atoms with van der Waals surface area (Å²) in [5, 5.41) is 59.5. The number of halogens is 4. The largest absolute Gasteiger partial charge is 0.481 e. The molecule has 2 saturated heterocycles. The number of anilines is 4. The molecule has 4 fully saturated rings. The number of carbonyl (C=O) groups excluding carboxylic acids is 3. The van der Waals surface area contributed by atoms with Crippen molar-refractivity contribution < 1.29 is 49.8 Å². The van der Waals surface area contributed by atoms with Crippen molar-refractivity contribution in [3.05, 3.63) is 115 Å². The Kier molecular flexibility index (Phi) is 19.9. The molecule has 2 aliphatic carbocycles. The lowest BCUT2D eigenvalue weighted by atomic mass is 10.0. The Hall–Kier alpha value is -4.76. The van der Waals surface area contributed by atoms with Crippen LogP contribution in [-0.4, -0.2) is 177 Å². The summed E-state index contributed by atoms with van der Waals surface area (Å²) >= 11 is 26.4. The molecule has 21 heteroatoms. The van der Waals surface area contributed by atoms with Gasteiger partial charge < -0.3 is 55.1 Å². The van der Waals surface area contributed by atoms with E-state index in [1.54, 1.807) is 18.2 Å². The van der Waals surface area contributed by atoms with Gasteiger partial charge in [0.25, 0.3) is 0 Å². The predicted molar refractivity (Wildman–Crippen MR) is 311 cm³/mol. The molecule has 0 bridgehead atoms. The van der Waals surface area contributed by atoms with Gasteiger partial charge in [0.2, 0.25) is 17.7 Å².